The molecule has 0 aliphatic rings. The van der Waals surface area contributed by atoms with Crippen LogP contribution in [0.5, 0.6) is 0 Å². The molecule has 0 spiro atoms. The Hall–Kier alpha value is -1.47. The van der Waals surface area contributed by atoms with Gasteiger partial charge in [0.25, 0.3) is 0 Å². The molecule has 20 heavy (non-hydrogen) atoms. The summed E-state index contributed by atoms with van der Waals surface area (Å²) < 4.78 is 40.5. The number of carboxylic acids is 1. The Kier molecular flexibility index (Phi) is 4.88. The monoisotopic (exact) mass is 303 g/mol. The fourth-order valence-corrected chi connectivity index (χ4v) is 3.45. The van der Waals surface area contributed by atoms with Gasteiger partial charge >= 0.3 is 5.97 Å². The smallest absolute Gasteiger partial charge is 0.335 e. The van der Waals surface area contributed by atoms with Crippen molar-refractivity contribution >= 4 is 16.0 Å². The van der Waals surface area contributed by atoms with E-state index < -0.39 is 32.2 Å². The molecule has 7 heteroatoms. The van der Waals surface area contributed by atoms with E-state index >= 15 is 0 Å². The zero-order valence-electron chi connectivity index (χ0n) is 11.6. The molecule has 112 valence electrons. The van der Waals surface area contributed by atoms with Crippen molar-refractivity contribution in [2.45, 2.75) is 44.0 Å². The third-order valence-electron chi connectivity index (χ3n) is 2.75. The SMILES string of the molecule is CCCC(C)(C)NS(=O)(=O)c1ccc(C(=O)O)cc1F. The molecular weight excluding hydrogens is 285 g/mol. The van der Waals surface area contributed by atoms with Gasteiger partial charge in [-0.05, 0) is 38.5 Å². The lowest BCUT2D eigenvalue weighted by molar-refractivity contribution is 0.0696. The van der Waals surface area contributed by atoms with Crippen LogP contribution in [0.1, 0.15) is 44.0 Å². The van der Waals surface area contributed by atoms with Crippen molar-refractivity contribution < 1.29 is 22.7 Å². The molecule has 0 heterocycles. The standard InChI is InChI=1S/C13H18FNO4S/c1-4-7-13(2,3)15-20(18,19)11-6-5-9(12(16)17)8-10(11)14/h5-6,8,15H,4,7H2,1-3H3,(H,16,17). The van der Waals surface area contributed by atoms with Gasteiger partial charge in [-0.3, -0.25) is 0 Å². The van der Waals surface area contributed by atoms with E-state index in [-0.39, 0.29) is 5.56 Å². The van der Waals surface area contributed by atoms with E-state index in [4.69, 9.17) is 5.11 Å². The van der Waals surface area contributed by atoms with Crippen LogP contribution in [0.15, 0.2) is 23.1 Å². The molecule has 0 amide bonds. The zero-order chi connectivity index (χ0) is 15.6. The predicted octanol–water partition coefficient (Wildman–Crippen LogP) is 2.38. The molecule has 1 aromatic carbocycles. The maximum absolute atomic E-state index is 13.8. The van der Waals surface area contributed by atoms with E-state index in [1.54, 1.807) is 13.8 Å². The van der Waals surface area contributed by atoms with Crippen LogP contribution in [0.4, 0.5) is 4.39 Å². The Balaban J connectivity index is 3.14. The second-order valence-corrected chi connectivity index (χ2v) is 6.84. The van der Waals surface area contributed by atoms with Crippen molar-refractivity contribution in [3.05, 3.63) is 29.6 Å². The molecule has 0 bridgehead atoms. The number of hydrogen-bond donors (Lipinski definition) is 2. The third-order valence-corrected chi connectivity index (χ3v) is 4.49. The minimum atomic E-state index is -4.03. The summed E-state index contributed by atoms with van der Waals surface area (Å²) in [7, 11) is -4.03. The molecule has 5 nitrogen and oxygen atoms in total. The zero-order valence-corrected chi connectivity index (χ0v) is 12.4. The van der Waals surface area contributed by atoms with Gasteiger partial charge in [0.2, 0.25) is 10.0 Å². The number of hydrogen-bond acceptors (Lipinski definition) is 3. The van der Waals surface area contributed by atoms with Crippen LogP contribution in [0.25, 0.3) is 0 Å². The molecule has 1 rings (SSSR count). The van der Waals surface area contributed by atoms with Crippen LogP contribution in [-0.4, -0.2) is 25.0 Å². The lowest BCUT2D eigenvalue weighted by Gasteiger charge is -2.25. The topological polar surface area (TPSA) is 83.5 Å². The van der Waals surface area contributed by atoms with E-state index in [0.717, 1.165) is 18.6 Å². The average molecular weight is 303 g/mol. The van der Waals surface area contributed by atoms with Crippen molar-refractivity contribution in [2.75, 3.05) is 0 Å². The highest BCUT2D eigenvalue weighted by atomic mass is 32.2. The van der Waals surface area contributed by atoms with Crippen LogP contribution in [0.3, 0.4) is 0 Å². The normalized spacial score (nSPS) is 12.4. The van der Waals surface area contributed by atoms with Gasteiger partial charge < -0.3 is 5.11 Å². The first-order valence-electron chi connectivity index (χ1n) is 6.16. The second-order valence-electron chi connectivity index (χ2n) is 5.19. The summed E-state index contributed by atoms with van der Waals surface area (Å²) in [5.74, 6) is -2.39. The van der Waals surface area contributed by atoms with Crippen molar-refractivity contribution in [3.63, 3.8) is 0 Å². The number of carbonyl (C=O) groups is 1. The minimum absolute atomic E-state index is 0.297. The largest absolute Gasteiger partial charge is 0.478 e. The Morgan fingerprint density at radius 3 is 2.45 bits per heavy atom. The van der Waals surface area contributed by atoms with Crippen molar-refractivity contribution in [1.82, 2.24) is 4.72 Å². The van der Waals surface area contributed by atoms with Gasteiger partial charge in [0, 0.05) is 5.54 Å². The maximum Gasteiger partial charge on any atom is 0.335 e. The lowest BCUT2D eigenvalue weighted by atomic mass is 10.0. The number of nitrogens with one attached hydrogen (secondary N) is 1. The number of sulfonamides is 1. The predicted molar refractivity (Wildman–Crippen MR) is 72.7 cm³/mol. The molecule has 0 unspecified atom stereocenters. The number of aromatic carboxylic acids is 1. The highest BCUT2D eigenvalue weighted by Crippen LogP contribution is 2.20. The van der Waals surface area contributed by atoms with Crippen molar-refractivity contribution in [2.24, 2.45) is 0 Å². The number of carboxylic acid groups (broad SMARTS) is 1. The molecule has 0 aromatic heterocycles. The first kappa shape index (κ1) is 16.6. The maximum atomic E-state index is 13.8. The van der Waals surface area contributed by atoms with E-state index in [9.17, 15) is 17.6 Å². The first-order chi connectivity index (χ1) is 9.09. The summed E-state index contributed by atoms with van der Waals surface area (Å²) in [5, 5.41) is 8.73. The molecule has 0 fully saturated rings. The van der Waals surface area contributed by atoms with Gasteiger partial charge in [0.05, 0.1) is 5.56 Å². The number of benzene rings is 1. The molecule has 0 atom stereocenters. The van der Waals surface area contributed by atoms with Crippen molar-refractivity contribution in [3.8, 4) is 0 Å². The second kappa shape index (κ2) is 5.88. The third kappa shape index (κ3) is 4.01. The van der Waals surface area contributed by atoms with Gasteiger partial charge in [0.15, 0.2) is 0 Å². The van der Waals surface area contributed by atoms with Gasteiger partial charge in [-0.1, -0.05) is 13.3 Å². The molecule has 1 aromatic rings. The molecule has 0 saturated carbocycles. The van der Waals surface area contributed by atoms with Crippen LogP contribution < -0.4 is 4.72 Å². The summed E-state index contributed by atoms with van der Waals surface area (Å²) in [6, 6.07) is 2.72. The Morgan fingerprint density at radius 2 is 2.00 bits per heavy atom. The summed E-state index contributed by atoms with van der Waals surface area (Å²) in [5.41, 5.74) is -1.000. The highest BCUT2D eigenvalue weighted by molar-refractivity contribution is 7.89. The van der Waals surface area contributed by atoms with E-state index in [1.165, 1.54) is 0 Å². The quantitative estimate of drug-likeness (QED) is 0.845. The van der Waals surface area contributed by atoms with Gasteiger partial charge in [0.1, 0.15) is 10.7 Å². The van der Waals surface area contributed by atoms with Crippen LogP contribution in [-0.2, 0) is 10.0 Å². The molecule has 0 aliphatic heterocycles. The van der Waals surface area contributed by atoms with Crippen LogP contribution in [0, 0.1) is 5.82 Å². The fraction of sp³-hybridized carbons (Fsp3) is 0.462. The number of halogens is 1. The highest BCUT2D eigenvalue weighted by Gasteiger charge is 2.28. The molecular formula is C13H18FNO4S. The van der Waals surface area contributed by atoms with Gasteiger partial charge in [-0.15, -0.1) is 0 Å². The summed E-state index contributed by atoms with van der Waals surface area (Å²) in [6.45, 7) is 5.33. The van der Waals surface area contributed by atoms with Gasteiger partial charge in [-0.2, -0.15) is 0 Å². The molecule has 2 N–H and O–H groups in total. The van der Waals surface area contributed by atoms with Crippen LogP contribution in [0.2, 0.25) is 0 Å². The van der Waals surface area contributed by atoms with E-state index in [1.807, 2.05) is 6.92 Å². The first-order valence-corrected chi connectivity index (χ1v) is 7.64. The fourth-order valence-electron chi connectivity index (χ4n) is 1.95. The Morgan fingerprint density at radius 1 is 1.40 bits per heavy atom. The lowest BCUT2D eigenvalue weighted by Crippen LogP contribution is -2.43. The van der Waals surface area contributed by atoms with Crippen molar-refractivity contribution in [1.29, 1.82) is 0 Å². The van der Waals surface area contributed by atoms with Crippen LogP contribution >= 0.6 is 0 Å². The molecule has 0 radical (unpaired) electrons. The Labute approximate surface area is 117 Å². The van der Waals surface area contributed by atoms with E-state index in [0.29, 0.717) is 12.5 Å². The van der Waals surface area contributed by atoms with E-state index in [2.05, 4.69) is 4.72 Å². The molecule has 0 aliphatic carbocycles. The molecule has 0 saturated heterocycles. The Bertz CT molecular complexity index is 611. The minimum Gasteiger partial charge on any atom is -0.478 e. The summed E-state index contributed by atoms with van der Waals surface area (Å²) in [6.07, 6.45) is 1.37. The summed E-state index contributed by atoms with van der Waals surface area (Å²) in [4.78, 5) is 10.1. The van der Waals surface area contributed by atoms with Gasteiger partial charge in [-0.25, -0.2) is 22.3 Å². The average Bonchev–Trinajstić information content (AvgIpc) is 2.26. The number of rotatable bonds is 6. The summed E-state index contributed by atoms with van der Waals surface area (Å²) >= 11 is 0.